The molecule has 3 nitrogen and oxygen atoms in total. The van der Waals surface area contributed by atoms with Crippen molar-refractivity contribution < 1.29 is 14.3 Å². The van der Waals surface area contributed by atoms with Crippen molar-refractivity contribution in [3.8, 4) is 0 Å². The van der Waals surface area contributed by atoms with Gasteiger partial charge < -0.3 is 4.74 Å². The zero-order chi connectivity index (χ0) is 15.1. The van der Waals surface area contributed by atoms with Crippen LogP contribution in [0.5, 0.6) is 0 Å². The first-order valence-electron chi connectivity index (χ1n) is 6.56. The van der Waals surface area contributed by atoms with Gasteiger partial charge in [-0.25, -0.2) is 4.79 Å². The van der Waals surface area contributed by atoms with Gasteiger partial charge in [-0.1, -0.05) is 42.5 Å². The number of ether oxygens (including phenoxy) is 1. The molecule has 0 aromatic heterocycles. The molecule has 0 radical (unpaired) electrons. The lowest BCUT2D eigenvalue weighted by Crippen LogP contribution is -2.19. The summed E-state index contributed by atoms with van der Waals surface area (Å²) in [7, 11) is 0. The van der Waals surface area contributed by atoms with E-state index in [1.54, 1.807) is 11.8 Å². The fourth-order valence-corrected chi connectivity index (χ4v) is 2.33. The van der Waals surface area contributed by atoms with Crippen molar-refractivity contribution >= 4 is 23.5 Å². The van der Waals surface area contributed by atoms with Crippen LogP contribution in [0, 0.1) is 0 Å². The van der Waals surface area contributed by atoms with E-state index in [4.69, 9.17) is 4.74 Å². The normalized spacial score (nSPS) is 10.1. The highest BCUT2D eigenvalue weighted by Crippen LogP contribution is 2.16. The fourth-order valence-electron chi connectivity index (χ4n) is 1.84. The third kappa shape index (κ3) is 4.76. The zero-order valence-corrected chi connectivity index (χ0v) is 12.6. The van der Waals surface area contributed by atoms with E-state index in [2.05, 4.69) is 0 Å². The minimum atomic E-state index is -0.784. The number of carbonyl (C=O) groups is 2. The summed E-state index contributed by atoms with van der Waals surface area (Å²) in [6.07, 6.45) is 2.04. The van der Waals surface area contributed by atoms with Crippen molar-refractivity contribution in [1.29, 1.82) is 0 Å². The molecule has 0 aliphatic heterocycles. The summed E-state index contributed by atoms with van der Waals surface area (Å²) in [5.74, 6) is -1.31. The standard InChI is InChI=1S/C17H16O3S/c1-21-15-9-5-8-14(10-15)11-16(18)17(19)20-12-13-6-3-2-4-7-13/h2-10H,11-12H2,1H3. The summed E-state index contributed by atoms with van der Waals surface area (Å²) < 4.78 is 5.02. The average Bonchev–Trinajstić information content (AvgIpc) is 2.53. The second-order valence-electron chi connectivity index (χ2n) is 4.51. The van der Waals surface area contributed by atoms with Gasteiger partial charge in [-0.15, -0.1) is 11.8 Å². The Kier molecular flexibility index (Phi) is 5.58. The molecule has 0 saturated carbocycles. The van der Waals surface area contributed by atoms with Crippen LogP contribution in [0.15, 0.2) is 59.5 Å². The van der Waals surface area contributed by atoms with Gasteiger partial charge in [-0.3, -0.25) is 4.79 Å². The van der Waals surface area contributed by atoms with Gasteiger partial charge in [-0.05, 0) is 29.5 Å². The Balaban J connectivity index is 1.89. The summed E-state index contributed by atoms with van der Waals surface area (Å²) in [4.78, 5) is 24.6. The molecule has 0 aliphatic carbocycles. The Bertz CT molecular complexity index is 623. The maximum atomic E-state index is 11.9. The third-order valence-corrected chi connectivity index (χ3v) is 3.66. The van der Waals surface area contributed by atoms with Crippen molar-refractivity contribution in [2.45, 2.75) is 17.9 Å². The van der Waals surface area contributed by atoms with Crippen LogP contribution in [-0.4, -0.2) is 18.0 Å². The second kappa shape index (κ2) is 7.64. The number of rotatable bonds is 6. The van der Waals surface area contributed by atoms with Crippen molar-refractivity contribution in [2.75, 3.05) is 6.26 Å². The highest BCUT2D eigenvalue weighted by Gasteiger charge is 2.16. The van der Waals surface area contributed by atoms with Gasteiger partial charge in [0.05, 0.1) is 0 Å². The molecule has 21 heavy (non-hydrogen) atoms. The topological polar surface area (TPSA) is 43.4 Å². The molecule has 108 valence electrons. The number of benzene rings is 2. The summed E-state index contributed by atoms with van der Waals surface area (Å²) in [5.41, 5.74) is 1.69. The number of hydrogen-bond acceptors (Lipinski definition) is 4. The van der Waals surface area contributed by atoms with Crippen LogP contribution in [-0.2, 0) is 27.4 Å². The van der Waals surface area contributed by atoms with Gasteiger partial charge in [0, 0.05) is 11.3 Å². The zero-order valence-electron chi connectivity index (χ0n) is 11.7. The van der Waals surface area contributed by atoms with Gasteiger partial charge in [-0.2, -0.15) is 0 Å². The van der Waals surface area contributed by atoms with E-state index in [-0.39, 0.29) is 13.0 Å². The van der Waals surface area contributed by atoms with Gasteiger partial charge in [0.1, 0.15) is 6.61 Å². The Morgan fingerprint density at radius 2 is 1.71 bits per heavy atom. The lowest BCUT2D eigenvalue weighted by Gasteiger charge is -2.05. The predicted molar refractivity (Wildman–Crippen MR) is 83.2 cm³/mol. The molecular formula is C17H16O3S. The van der Waals surface area contributed by atoms with Crippen molar-refractivity contribution in [2.24, 2.45) is 0 Å². The van der Waals surface area contributed by atoms with E-state index >= 15 is 0 Å². The molecule has 0 atom stereocenters. The lowest BCUT2D eigenvalue weighted by molar-refractivity contribution is -0.154. The molecule has 0 amide bonds. The molecule has 0 spiro atoms. The summed E-state index contributed by atoms with van der Waals surface area (Å²) in [6.45, 7) is 0.121. The van der Waals surface area contributed by atoms with Gasteiger partial charge in [0.2, 0.25) is 5.78 Å². The molecule has 0 saturated heterocycles. The van der Waals surface area contributed by atoms with Crippen LogP contribution in [0.3, 0.4) is 0 Å². The highest BCUT2D eigenvalue weighted by atomic mass is 32.2. The maximum absolute atomic E-state index is 11.9. The molecular weight excluding hydrogens is 284 g/mol. The Morgan fingerprint density at radius 1 is 1.00 bits per heavy atom. The van der Waals surface area contributed by atoms with Crippen LogP contribution in [0.25, 0.3) is 0 Å². The van der Waals surface area contributed by atoms with Crippen LogP contribution >= 0.6 is 11.8 Å². The average molecular weight is 300 g/mol. The molecule has 0 fully saturated rings. The van der Waals surface area contributed by atoms with Crippen molar-refractivity contribution in [3.63, 3.8) is 0 Å². The molecule has 0 heterocycles. The van der Waals surface area contributed by atoms with Crippen molar-refractivity contribution in [1.82, 2.24) is 0 Å². The monoisotopic (exact) mass is 300 g/mol. The van der Waals surface area contributed by atoms with E-state index in [1.807, 2.05) is 60.9 Å². The largest absolute Gasteiger partial charge is 0.455 e. The highest BCUT2D eigenvalue weighted by molar-refractivity contribution is 7.98. The first-order chi connectivity index (χ1) is 10.2. The summed E-state index contributed by atoms with van der Waals surface area (Å²) >= 11 is 1.60. The van der Waals surface area contributed by atoms with E-state index in [1.165, 1.54) is 0 Å². The number of esters is 1. The van der Waals surface area contributed by atoms with Gasteiger partial charge >= 0.3 is 5.97 Å². The number of Topliss-reactive ketones (excluding diaryl/α,β-unsaturated/α-hetero) is 1. The Labute approximate surface area is 128 Å². The van der Waals surface area contributed by atoms with Crippen LogP contribution in [0.1, 0.15) is 11.1 Å². The molecule has 2 aromatic carbocycles. The Hall–Kier alpha value is -2.07. The molecule has 0 N–H and O–H groups in total. The first kappa shape index (κ1) is 15.3. The summed E-state index contributed by atoms with van der Waals surface area (Å²) in [6, 6.07) is 16.9. The lowest BCUT2D eigenvalue weighted by atomic mass is 10.1. The number of hydrogen-bond donors (Lipinski definition) is 0. The van der Waals surface area contributed by atoms with E-state index in [0.29, 0.717) is 0 Å². The molecule has 2 rings (SSSR count). The smallest absolute Gasteiger partial charge is 0.375 e. The molecule has 2 aromatic rings. The number of ketones is 1. The Morgan fingerprint density at radius 3 is 2.43 bits per heavy atom. The minimum absolute atomic E-state index is 0.0715. The van der Waals surface area contributed by atoms with Crippen LogP contribution < -0.4 is 0 Å². The van der Waals surface area contributed by atoms with Gasteiger partial charge in [0.15, 0.2) is 0 Å². The first-order valence-corrected chi connectivity index (χ1v) is 7.78. The molecule has 4 heteroatoms. The van der Waals surface area contributed by atoms with E-state index < -0.39 is 11.8 Å². The minimum Gasteiger partial charge on any atom is -0.455 e. The third-order valence-electron chi connectivity index (χ3n) is 2.94. The maximum Gasteiger partial charge on any atom is 0.375 e. The van der Waals surface area contributed by atoms with Crippen LogP contribution in [0.4, 0.5) is 0 Å². The molecule has 0 aliphatic rings. The van der Waals surface area contributed by atoms with E-state index in [0.717, 1.165) is 16.0 Å². The second-order valence-corrected chi connectivity index (χ2v) is 5.39. The van der Waals surface area contributed by atoms with Crippen molar-refractivity contribution in [3.05, 3.63) is 65.7 Å². The van der Waals surface area contributed by atoms with Crippen LogP contribution in [0.2, 0.25) is 0 Å². The molecule has 0 bridgehead atoms. The predicted octanol–water partition coefficient (Wildman–Crippen LogP) is 3.26. The quantitative estimate of drug-likeness (QED) is 0.466. The number of carbonyl (C=O) groups excluding carboxylic acids is 2. The molecule has 0 unspecified atom stereocenters. The number of thioether (sulfide) groups is 1. The fraction of sp³-hybridized carbons (Fsp3) is 0.176. The SMILES string of the molecule is CSc1cccc(CC(=O)C(=O)OCc2ccccc2)c1. The summed E-state index contributed by atoms with van der Waals surface area (Å²) in [5, 5.41) is 0. The van der Waals surface area contributed by atoms with Gasteiger partial charge in [0.25, 0.3) is 0 Å². The van der Waals surface area contributed by atoms with E-state index in [9.17, 15) is 9.59 Å².